The number of imide groups is 1. The van der Waals surface area contributed by atoms with Crippen LogP contribution in [0, 0.1) is 5.92 Å². The summed E-state index contributed by atoms with van der Waals surface area (Å²) in [4.78, 5) is 29.5. The minimum atomic E-state index is -0.406. The second-order valence-electron chi connectivity index (χ2n) is 5.25. The normalized spacial score (nSPS) is 26.7. The summed E-state index contributed by atoms with van der Waals surface area (Å²) in [7, 11) is 0. The first-order valence-corrected chi connectivity index (χ1v) is 6.67. The molecule has 0 bridgehead atoms. The van der Waals surface area contributed by atoms with Crippen molar-refractivity contribution in [1.82, 2.24) is 9.88 Å². The van der Waals surface area contributed by atoms with Gasteiger partial charge in [0.2, 0.25) is 0 Å². The van der Waals surface area contributed by atoms with Crippen LogP contribution in [0.5, 0.6) is 0 Å². The van der Waals surface area contributed by atoms with Gasteiger partial charge in [0.05, 0.1) is 17.2 Å². The lowest BCUT2D eigenvalue weighted by molar-refractivity contribution is 0.0388. The van der Waals surface area contributed by atoms with Crippen molar-refractivity contribution >= 4 is 11.8 Å². The maximum Gasteiger partial charge on any atom is 0.263 e. The molecule has 0 aromatic carbocycles. The van der Waals surface area contributed by atoms with Gasteiger partial charge in [-0.25, -0.2) is 0 Å². The fourth-order valence-corrected chi connectivity index (χ4v) is 2.94. The molecule has 1 saturated carbocycles. The molecule has 2 aliphatic rings. The van der Waals surface area contributed by atoms with Crippen molar-refractivity contribution in [3.63, 3.8) is 0 Å². The molecule has 2 atom stereocenters. The van der Waals surface area contributed by atoms with Crippen LogP contribution < -0.4 is 0 Å². The van der Waals surface area contributed by atoms with Crippen molar-refractivity contribution in [1.29, 1.82) is 0 Å². The smallest absolute Gasteiger partial charge is 0.263 e. The van der Waals surface area contributed by atoms with E-state index in [2.05, 4.69) is 4.98 Å². The molecule has 1 N–H and O–H groups in total. The molecule has 2 heterocycles. The molecular weight excluding hydrogens is 244 g/mol. The highest BCUT2D eigenvalue weighted by Crippen LogP contribution is 2.28. The van der Waals surface area contributed by atoms with Crippen molar-refractivity contribution in [3.8, 4) is 0 Å². The molecule has 1 aromatic heterocycles. The van der Waals surface area contributed by atoms with Crippen molar-refractivity contribution in [2.24, 2.45) is 5.92 Å². The summed E-state index contributed by atoms with van der Waals surface area (Å²) < 4.78 is 0. The lowest BCUT2D eigenvalue weighted by Crippen LogP contribution is -2.39. The quantitative estimate of drug-likeness (QED) is 0.812. The van der Waals surface area contributed by atoms with E-state index in [1.54, 1.807) is 6.07 Å². The van der Waals surface area contributed by atoms with Gasteiger partial charge in [0.1, 0.15) is 0 Å². The third kappa shape index (κ3) is 2.04. The Morgan fingerprint density at radius 3 is 2.68 bits per heavy atom. The Balaban J connectivity index is 1.80. The molecule has 1 aliphatic carbocycles. The molecule has 0 saturated heterocycles. The van der Waals surface area contributed by atoms with Gasteiger partial charge < -0.3 is 5.11 Å². The molecule has 0 spiro atoms. The van der Waals surface area contributed by atoms with E-state index in [9.17, 15) is 14.7 Å². The van der Waals surface area contributed by atoms with Gasteiger partial charge in [-0.05, 0) is 18.9 Å². The van der Waals surface area contributed by atoms with E-state index in [4.69, 9.17) is 0 Å². The van der Waals surface area contributed by atoms with Crippen LogP contribution in [-0.4, -0.2) is 39.5 Å². The molecule has 5 nitrogen and oxygen atoms in total. The van der Waals surface area contributed by atoms with Gasteiger partial charge in [0.15, 0.2) is 0 Å². The fraction of sp³-hybridized carbons (Fsp3) is 0.500. The predicted molar refractivity (Wildman–Crippen MR) is 67.6 cm³/mol. The summed E-state index contributed by atoms with van der Waals surface area (Å²) in [5.41, 5.74) is 0.795. The molecule has 5 heteroatoms. The van der Waals surface area contributed by atoms with Crippen LogP contribution in [0.4, 0.5) is 0 Å². The van der Waals surface area contributed by atoms with Crippen LogP contribution in [0.1, 0.15) is 46.4 Å². The Labute approximate surface area is 111 Å². The van der Waals surface area contributed by atoms with Crippen molar-refractivity contribution in [2.75, 3.05) is 6.54 Å². The summed E-state index contributed by atoms with van der Waals surface area (Å²) in [6, 6.07) is 1.58. The molecule has 100 valence electrons. The van der Waals surface area contributed by atoms with E-state index in [-0.39, 0.29) is 17.7 Å². The number of fused-ring (bicyclic) bond motifs is 1. The maximum atomic E-state index is 12.2. The zero-order chi connectivity index (χ0) is 13.4. The molecule has 3 rings (SSSR count). The van der Waals surface area contributed by atoms with Gasteiger partial charge in [-0.3, -0.25) is 19.5 Å². The summed E-state index contributed by atoms with van der Waals surface area (Å²) in [5.74, 6) is -0.546. The molecule has 1 fully saturated rings. The summed E-state index contributed by atoms with van der Waals surface area (Å²) in [6.07, 6.45) is 6.24. The average Bonchev–Trinajstić information content (AvgIpc) is 2.67. The Kier molecular flexibility index (Phi) is 3.06. The number of aromatic nitrogens is 1. The fourth-order valence-electron chi connectivity index (χ4n) is 2.94. The number of aliphatic hydroxyl groups is 1. The number of carbonyl (C=O) groups excluding carboxylic acids is 2. The standard InChI is InChI=1S/C14H16N2O3/c17-12-4-2-1-3-9(12)8-16-13(18)10-5-6-15-7-11(10)14(16)19/h5-7,9,12,17H,1-4,8H2. The van der Waals surface area contributed by atoms with Crippen LogP contribution in [0.15, 0.2) is 18.5 Å². The molecule has 2 unspecified atom stereocenters. The van der Waals surface area contributed by atoms with Crippen LogP contribution >= 0.6 is 0 Å². The summed E-state index contributed by atoms with van der Waals surface area (Å²) in [5, 5.41) is 9.96. The lowest BCUT2D eigenvalue weighted by atomic mass is 9.86. The topological polar surface area (TPSA) is 70.5 Å². The summed E-state index contributed by atoms with van der Waals surface area (Å²) >= 11 is 0. The van der Waals surface area contributed by atoms with Crippen LogP contribution in [0.2, 0.25) is 0 Å². The highest BCUT2D eigenvalue weighted by molar-refractivity contribution is 6.21. The minimum Gasteiger partial charge on any atom is -0.393 e. The van der Waals surface area contributed by atoms with Crippen molar-refractivity contribution < 1.29 is 14.7 Å². The molecule has 2 amide bonds. The second-order valence-corrected chi connectivity index (χ2v) is 5.25. The van der Waals surface area contributed by atoms with Gasteiger partial charge in [-0.15, -0.1) is 0 Å². The van der Waals surface area contributed by atoms with Crippen LogP contribution in [0.3, 0.4) is 0 Å². The van der Waals surface area contributed by atoms with Crippen LogP contribution in [0.25, 0.3) is 0 Å². The number of rotatable bonds is 2. The van der Waals surface area contributed by atoms with Gasteiger partial charge in [-0.1, -0.05) is 12.8 Å². The number of nitrogens with zero attached hydrogens (tertiary/aromatic N) is 2. The van der Waals surface area contributed by atoms with Gasteiger partial charge in [0, 0.05) is 24.9 Å². The largest absolute Gasteiger partial charge is 0.393 e. The highest BCUT2D eigenvalue weighted by Gasteiger charge is 2.38. The predicted octanol–water partition coefficient (Wildman–Crippen LogP) is 1.23. The lowest BCUT2D eigenvalue weighted by Gasteiger charge is -2.30. The van der Waals surface area contributed by atoms with E-state index < -0.39 is 6.10 Å². The van der Waals surface area contributed by atoms with Crippen LogP contribution in [-0.2, 0) is 0 Å². The monoisotopic (exact) mass is 260 g/mol. The number of hydrogen-bond acceptors (Lipinski definition) is 4. The Morgan fingerprint density at radius 1 is 1.21 bits per heavy atom. The zero-order valence-electron chi connectivity index (χ0n) is 10.6. The Bertz CT molecular complexity index is 494. The first kappa shape index (κ1) is 12.3. The average molecular weight is 260 g/mol. The third-order valence-corrected chi connectivity index (χ3v) is 4.06. The number of carbonyl (C=O) groups is 2. The number of hydrogen-bond donors (Lipinski definition) is 1. The van der Waals surface area contributed by atoms with E-state index in [1.165, 1.54) is 17.3 Å². The molecule has 1 aliphatic heterocycles. The number of aliphatic hydroxyl groups excluding tert-OH is 1. The first-order valence-electron chi connectivity index (χ1n) is 6.67. The number of amides is 2. The second kappa shape index (κ2) is 4.74. The summed E-state index contributed by atoms with van der Waals surface area (Å²) in [6.45, 7) is 0.313. The molecule has 19 heavy (non-hydrogen) atoms. The minimum absolute atomic E-state index is 0.00363. The van der Waals surface area contributed by atoms with Crippen molar-refractivity contribution in [2.45, 2.75) is 31.8 Å². The van der Waals surface area contributed by atoms with E-state index in [0.717, 1.165) is 25.7 Å². The molecule has 0 radical (unpaired) electrons. The van der Waals surface area contributed by atoms with E-state index in [0.29, 0.717) is 17.7 Å². The Morgan fingerprint density at radius 2 is 1.95 bits per heavy atom. The molecular formula is C14H16N2O3. The van der Waals surface area contributed by atoms with Gasteiger partial charge in [0.25, 0.3) is 11.8 Å². The zero-order valence-corrected chi connectivity index (χ0v) is 10.6. The van der Waals surface area contributed by atoms with Gasteiger partial charge >= 0.3 is 0 Å². The molecule has 1 aromatic rings. The van der Waals surface area contributed by atoms with Crippen molar-refractivity contribution in [3.05, 3.63) is 29.6 Å². The maximum absolute atomic E-state index is 12.2. The first-order chi connectivity index (χ1) is 9.18. The third-order valence-electron chi connectivity index (χ3n) is 4.06. The van der Waals surface area contributed by atoms with Gasteiger partial charge in [-0.2, -0.15) is 0 Å². The SMILES string of the molecule is O=C1c2ccncc2C(=O)N1CC1CCCCC1O. The highest BCUT2D eigenvalue weighted by atomic mass is 16.3. The Hall–Kier alpha value is -1.75. The van der Waals surface area contributed by atoms with E-state index in [1.807, 2.05) is 0 Å². The van der Waals surface area contributed by atoms with E-state index >= 15 is 0 Å². The number of pyridine rings is 1.